The molecule has 1 aromatic carbocycles. The molecular weight excluding hydrogens is 201 g/mol. The van der Waals surface area contributed by atoms with E-state index in [-0.39, 0.29) is 0 Å². The number of nitrogens with zero attached hydrogens (tertiary/aromatic N) is 1. The van der Waals surface area contributed by atoms with Gasteiger partial charge in [-0.2, -0.15) is 0 Å². The molecule has 0 fully saturated rings. The van der Waals surface area contributed by atoms with E-state index in [2.05, 4.69) is 17.9 Å². The van der Waals surface area contributed by atoms with Crippen molar-refractivity contribution in [3.8, 4) is 11.6 Å². The zero-order valence-electron chi connectivity index (χ0n) is 9.78. The van der Waals surface area contributed by atoms with Gasteiger partial charge in [0.15, 0.2) is 7.28 Å². The van der Waals surface area contributed by atoms with Crippen LogP contribution in [0.4, 0.5) is 0 Å². The monoisotopic (exact) mass is 215 g/mol. The van der Waals surface area contributed by atoms with Crippen LogP contribution >= 0.6 is 0 Å². The molecule has 1 heterocycles. The Labute approximate surface area is 95.6 Å². The van der Waals surface area contributed by atoms with Crippen molar-refractivity contribution in [2.45, 2.75) is 6.82 Å². The Bertz CT molecular complexity index is 514. The molecule has 2 aromatic rings. The fourth-order valence-electron chi connectivity index (χ4n) is 1.85. The van der Waals surface area contributed by atoms with Crippen molar-refractivity contribution in [2.75, 3.05) is 14.2 Å². The summed E-state index contributed by atoms with van der Waals surface area (Å²) < 4.78 is 10.6. The third kappa shape index (κ3) is 1.71. The zero-order chi connectivity index (χ0) is 11.5. The van der Waals surface area contributed by atoms with Gasteiger partial charge in [-0.3, -0.25) is 0 Å². The van der Waals surface area contributed by atoms with Crippen LogP contribution in [-0.4, -0.2) is 26.5 Å². The lowest BCUT2D eigenvalue weighted by Gasteiger charge is -2.10. The molecule has 0 saturated heterocycles. The summed E-state index contributed by atoms with van der Waals surface area (Å²) in [5.74, 6) is 1.58. The van der Waals surface area contributed by atoms with Crippen molar-refractivity contribution in [3.05, 3.63) is 24.4 Å². The minimum atomic E-state index is 0.662. The Kier molecular flexibility index (Phi) is 2.99. The number of benzene rings is 1. The van der Waals surface area contributed by atoms with E-state index in [1.807, 2.05) is 12.1 Å². The summed E-state index contributed by atoms with van der Waals surface area (Å²) in [6.07, 6.45) is 1.74. The Morgan fingerprint density at radius 2 is 2.00 bits per heavy atom. The summed E-state index contributed by atoms with van der Waals surface area (Å²) in [7, 11) is 4.26. The van der Waals surface area contributed by atoms with Gasteiger partial charge in [0, 0.05) is 11.6 Å². The lowest BCUT2D eigenvalue weighted by atomic mass is 9.72. The average molecular weight is 215 g/mol. The molecule has 0 unspecified atom stereocenters. The minimum Gasteiger partial charge on any atom is -0.497 e. The van der Waals surface area contributed by atoms with Crippen molar-refractivity contribution in [2.24, 2.45) is 0 Å². The molecule has 0 aliphatic heterocycles. The number of fused-ring (bicyclic) bond motifs is 1. The number of methoxy groups -OCH3 is 2. The van der Waals surface area contributed by atoms with Crippen molar-refractivity contribution < 1.29 is 9.47 Å². The van der Waals surface area contributed by atoms with Gasteiger partial charge >= 0.3 is 0 Å². The summed E-state index contributed by atoms with van der Waals surface area (Å²) in [5, 5.41) is 2.11. The van der Waals surface area contributed by atoms with E-state index in [0.717, 1.165) is 23.8 Å². The molecule has 0 aliphatic carbocycles. The molecule has 0 spiro atoms. The molecule has 0 N–H and O–H groups in total. The van der Waals surface area contributed by atoms with Crippen LogP contribution in [0.5, 0.6) is 11.6 Å². The quantitative estimate of drug-likeness (QED) is 0.724. The highest BCUT2D eigenvalue weighted by atomic mass is 16.5. The third-order valence-corrected chi connectivity index (χ3v) is 2.70. The van der Waals surface area contributed by atoms with Gasteiger partial charge in [-0.05, 0) is 23.0 Å². The van der Waals surface area contributed by atoms with Crippen molar-refractivity contribution in [3.63, 3.8) is 0 Å². The Morgan fingerprint density at radius 1 is 1.19 bits per heavy atom. The molecule has 16 heavy (non-hydrogen) atoms. The maximum Gasteiger partial charge on any atom is 0.221 e. The SMILES string of the molecule is CBc1cc2c(OC)nccc2cc1OC. The van der Waals surface area contributed by atoms with Crippen LogP contribution in [-0.2, 0) is 0 Å². The number of hydrogen-bond donors (Lipinski definition) is 0. The highest BCUT2D eigenvalue weighted by molar-refractivity contribution is 6.53. The number of aromatic nitrogens is 1. The number of pyridine rings is 1. The lowest BCUT2D eigenvalue weighted by molar-refractivity contribution is 0.403. The maximum atomic E-state index is 5.36. The van der Waals surface area contributed by atoms with E-state index in [0.29, 0.717) is 5.88 Å². The van der Waals surface area contributed by atoms with Crippen LogP contribution < -0.4 is 14.9 Å². The van der Waals surface area contributed by atoms with Gasteiger partial charge in [-0.25, -0.2) is 4.98 Å². The van der Waals surface area contributed by atoms with Gasteiger partial charge < -0.3 is 9.47 Å². The Balaban J connectivity index is 2.72. The molecule has 0 bridgehead atoms. The van der Waals surface area contributed by atoms with Crippen LogP contribution in [0.2, 0.25) is 6.82 Å². The van der Waals surface area contributed by atoms with Crippen LogP contribution in [0.1, 0.15) is 0 Å². The van der Waals surface area contributed by atoms with Crippen LogP contribution in [0, 0.1) is 0 Å². The van der Waals surface area contributed by atoms with Crippen LogP contribution in [0.25, 0.3) is 10.8 Å². The predicted molar refractivity (Wildman–Crippen MR) is 67.5 cm³/mol. The van der Waals surface area contributed by atoms with Gasteiger partial charge in [0.1, 0.15) is 5.75 Å². The summed E-state index contributed by atoms with van der Waals surface area (Å²) in [4.78, 5) is 4.19. The first-order valence-electron chi connectivity index (χ1n) is 5.29. The zero-order valence-corrected chi connectivity index (χ0v) is 9.78. The average Bonchev–Trinajstić information content (AvgIpc) is 2.36. The van der Waals surface area contributed by atoms with E-state index in [1.165, 1.54) is 5.46 Å². The number of rotatable bonds is 3. The fraction of sp³-hybridized carbons (Fsp3) is 0.250. The molecule has 0 radical (unpaired) electrons. The first-order chi connectivity index (χ1) is 7.80. The van der Waals surface area contributed by atoms with Crippen molar-refractivity contribution in [1.29, 1.82) is 0 Å². The van der Waals surface area contributed by atoms with Crippen molar-refractivity contribution >= 4 is 23.5 Å². The lowest BCUT2D eigenvalue weighted by Crippen LogP contribution is -2.13. The van der Waals surface area contributed by atoms with E-state index >= 15 is 0 Å². The molecule has 82 valence electrons. The number of ether oxygens (including phenoxy) is 2. The molecule has 4 heteroatoms. The highest BCUT2D eigenvalue weighted by Gasteiger charge is 2.08. The Morgan fingerprint density at radius 3 is 2.62 bits per heavy atom. The molecule has 0 atom stereocenters. The third-order valence-electron chi connectivity index (χ3n) is 2.70. The second-order valence-corrected chi connectivity index (χ2v) is 3.56. The summed E-state index contributed by atoms with van der Waals surface area (Å²) in [5.41, 5.74) is 1.17. The van der Waals surface area contributed by atoms with E-state index in [4.69, 9.17) is 9.47 Å². The van der Waals surface area contributed by atoms with Gasteiger partial charge in [0.25, 0.3) is 0 Å². The fourth-order valence-corrected chi connectivity index (χ4v) is 1.85. The minimum absolute atomic E-state index is 0.662. The molecule has 0 aliphatic rings. The van der Waals surface area contributed by atoms with Gasteiger partial charge in [0.2, 0.25) is 5.88 Å². The standard InChI is InChI=1S/C12H14BNO2/c1-13-10-7-9-8(6-11(10)15-2)4-5-14-12(9)16-3/h4-7,13H,1-3H3. The van der Waals surface area contributed by atoms with Crippen LogP contribution in [0.15, 0.2) is 24.4 Å². The second kappa shape index (κ2) is 4.43. The van der Waals surface area contributed by atoms with Crippen LogP contribution in [0.3, 0.4) is 0 Å². The molecule has 2 rings (SSSR count). The smallest absolute Gasteiger partial charge is 0.221 e. The van der Waals surface area contributed by atoms with E-state index in [9.17, 15) is 0 Å². The molecule has 0 amide bonds. The largest absolute Gasteiger partial charge is 0.497 e. The van der Waals surface area contributed by atoms with E-state index in [1.54, 1.807) is 20.4 Å². The van der Waals surface area contributed by atoms with E-state index < -0.39 is 0 Å². The highest BCUT2D eigenvalue weighted by Crippen LogP contribution is 2.25. The first kappa shape index (κ1) is 10.8. The summed E-state index contributed by atoms with van der Waals surface area (Å²) in [6.45, 7) is 2.10. The Hall–Kier alpha value is -1.71. The van der Waals surface area contributed by atoms with Crippen molar-refractivity contribution in [1.82, 2.24) is 4.98 Å². The topological polar surface area (TPSA) is 31.4 Å². The molecular formula is C12H14BNO2. The first-order valence-corrected chi connectivity index (χ1v) is 5.29. The van der Waals surface area contributed by atoms with Gasteiger partial charge in [-0.15, -0.1) is 0 Å². The predicted octanol–water partition coefficient (Wildman–Crippen LogP) is 1.36. The normalized spacial score (nSPS) is 10.2. The summed E-state index contributed by atoms with van der Waals surface area (Å²) in [6, 6.07) is 6.07. The van der Waals surface area contributed by atoms with Gasteiger partial charge in [-0.1, -0.05) is 12.9 Å². The molecule has 3 nitrogen and oxygen atoms in total. The number of hydrogen-bond acceptors (Lipinski definition) is 3. The molecule has 0 saturated carbocycles. The summed E-state index contributed by atoms with van der Waals surface area (Å²) >= 11 is 0. The van der Waals surface area contributed by atoms with Gasteiger partial charge in [0.05, 0.1) is 14.2 Å². The molecule has 1 aromatic heterocycles. The maximum absolute atomic E-state index is 5.36. The second-order valence-electron chi connectivity index (χ2n) is 3.56.